The van der Waals surface area contributed by atoms with Crippen molar-refractivity contribution in [3.8, 4) is 11.1 Å². The van der Waals surface area contributed by atoms with Crippen molar-refractivity contribution in [2.45, 2.75) is 38.5 Å². The molecule has 33 heavy (non-hydrogen) atoms. The number of nitrogens with one attached hydrogen (secondary N) is 1. The Morgan fingerprint density at radius 1 is 0.879 bits per heavy atom. The average molecular weight is 439 g/mol. The molecule has 4 aliphatic rings. The van der Waals surface area contributed by atoms with Gasteiger partial charge in [0.2, 0.25) is 0 Å². The lowest BCUT2D eigenvalue weighted by atomic mass is 9.77. The van der Waals surface area contributed by atoms with Crippen LogP contribution in [-0.4, -0.2) is 36.9 Å². The van der Waals surface area contributed by atoms with Crippen LogP contribution in [-0.2, 0) is 24.1 Å². The molecule has 170 valence electrons. The largest absolute Gasteiger partial charge is 0.383 e. The zero-order valence-corrected chi connectivity index (χ0v) is 19.4. The third kappa shape index (κ3) is 5.20. The van der Waals surface area contributed by atoms with Gasteiger partial charge in [-0.05, 0) is 103 Å². The molecule has 3 nitrogen and oxygen atoms in total. The molecule has 2 aliphatic heterocycles. The molecule has 2 aromatic carbocycles. The molecule has 2 aliphatic carbocycles. The number of benzene rings is 2. The fourth-order valence-corrected chi connectivity index (χ4v) is 5.58. The number of fused-ring (bicyclic) bond motifs is 5. The second-order valence-corrected chi connectivity index (χ2v) is 9.57. The molecule has 0 aromatic heterocycles. The Morgan fingerprint density at radius 2 is 1.76 bits per heavy atom. The molecule has 2 aromatic rings. The number of hydrogen-bond acceptors (Lipinski definition) is 3. The summed E-state index contributed by atoms with van der Waals surface area (Å²) in [6, 6.07) is 13.7. The van der Waals surface area contributed by atoms with Gasteiger partial charge in [0.15, 0.2) is 5.78 Å². The minimum absolute atomic E-state index is 0.120. The lowest BCUT2D eigenvalue weighted by molar-refractivity contribution is -0.113. The molecule has 0 amide bonds. The van der Waals surface area contributed by atoms with Gasteiger partial charge in [0.05, 0.1) is 6.54 Å². The van der Waals surface area contributed by atoms with Crippen LogP contribution in [0.1, 0.15) is 41.5 Å². The molecule has 6 rings (SSSR count). The Kier molecular flexibility index (Phi) is 6.87. The van der Waals surface area contributed by atoms with Crippen molar-refractivity contribution in [3.63, 3.8) is 0 Å². The van der Waals surface area contributed by atoms with Crippen molar-refractivity contribution in [2.24, 2.45) is 5.92 Å². The summed E-state index contributed by atoms with van der Waals surface area (Å²) in [6.45, 7) is 4.28. The number of hydrogen-bond donors (Lipinski definition) is 1. The minimum atomic E-state index is 0.120. The van der Waals surface area contributed by atoms with Crippen LogP contribution in [0.3, 0.4) is 0 Å². The van der Waals surface area contributed by atoms with E-state index in [2.05, 4.69) is 58.8 Å². The molecule has 0 spiro atoms. The Balaban J connectivity index is 0.000000243. The molecule has 0 saturated carbocycles. The van der Waals surface area contributed by atoms with E-state index in [4.69, 9.17) is 0 Å². The molecule has 1 unspecified atom stereocenters. The quantitative estimate of drug-likeness (QED) is 0.686. The predicted octanol–water partition coefficient (Wildman–Crippen LogP) is 5.35. The Labute approximate surface area is 197 Å². The van der Waals surface area contributed by atoms with Crippen LogP contribution in [0.15, 0.2) is 66.9 Å². The maximum atomic E-state index is 10.5. The Bertz CT molecular complexity index is 1090. The topological polar surface area (TPSA) is 32.3 Å². The van der Waals surface area contributed by atoms with Gasteiger partial charge in [-0.25, -0.2) is 0 Å². The van der Waals surface area contributed by atoms with E-state index in [1.54, 1.807) is 35.6 Å². The highest BCUT2D eigenvalue weighted by Crippen LogP contribution is 2.39. The van der Waals surface area contributed by atoms with Crippen molar-refractivity contribution < 1.29 is 4.79 Å². The van der Waals surface area contributed by atoms with Crippen molar-refractivity contribution >= 4 is 11.9 Å². The second-order valence-electron chi connectivity index (χ2n) is 9.57. The first-order chi connectivity index (χ1) is 16.3. The number of ketones is 1. The van der Waals surface area contributed by atoms with Gasteiger partial charge in [-0.3, -0.25) is 4.79 Å². The van der Waals surface area contributed by atoms with Gasteiger partial charge >= 0.3 is 0 Å². The molecule has 1 fully saturated rings. The number of rotatable bonds is 2. The summed E-state index contributed by atoms with van der Waals surface area (Å²) in [5.74, 6) is 0.810. The predicted molar refractivity (Wildman–Crippen MR) is 137 cm³/mol. The number of piperidine rings is 1. The SMILES string of the molecule is C1=CC(CN2CCCCC2)Cc2c1ccc1c2CCc2ccccc2-1.O=C1C=CC=CNC1. The summed E-state index contributed by atoms with van der Waals surface area (Å²) in [4.78, 5) is 13.2. The lowest BCUT2D eigenvalue weighted by Gasteiger charge is -2.32. The lowest BCUT2D eigenvalue weighted by Crippen LogP contribution is -2.35. The van der Waals surface area contributed by atoms with Gasteiger partial charge in [-0.1, -0.05) is 61.0 Å². The smallest absolute Gasteiger partial charge is 0.174 e. The highest BCUT2D eigenvalue weighted by molar-refractivity contribution is 5.92. The first-order valence-corrected chi connectivity index (χ1v) is 12.5. The monoisotopic (exact) mass is 438 g/mol. The summed E-state index contributed by atoms with van der Waals surface area (Å²) >= 11 is 0. The highest BCUT2D eigenvalue weighted by atomic mass is 16.1. The third-order valence-electron chi connectivity index (χ3n) is 7.26. The maximum Gasteiger partial charge on any atom is 0.174 e. The molecule has 1 N–H and O–H groups in total. The van der Waals surface area contributed by atoms with Crippen LogP contribution in [0.25, 0.3) is 17.2 Å². The first-order valence-electron chi connectivity index (χ1n) is 12.5. The number of allylic oxidation sites excluding steroid dienone is 2. The van der Waals surface area contributed by atoms with Gasteiger partial charge < -0.3 is 10.2 Å². The zero-order chi connectivity index (χ0) is 22.5. The molecular weight excluding hydrogens is 404 g/mol. The molecule has 1 saturated heterocycles. The highest BCUT2D eigenvalue weighted by Gasteiger charge is 2.24. The summed E-state index contributed by atoms with van der Waals surface area (Å²) in [5.41, 5.74) is 9.21. The van der Waals surface area contributed by atoms with E-state index >= 15 is 0 Å². The van der Waals surface area contributed by atoms with Crippen LogP contribution in [0.4, 0.5) is 0 Å². The fraction of sp³-hybridized carbons (Fsp3) is 0.367. The Morgan fingerprint density at radius 3 is 2.67 bits per heavy atom. The second kappa shape index (κ2) is 10.4. The van der Waals surface area contributed by atoms with E-state index in [1.807, 2.05) is 0 Å². The van der Waals surface area contributed by atoms with E-state index in [-0.39, 0.29) is 5.78 Å². The average Bonchev–Trinajstić information content (AvgIpc) is 3.12. The standard InChI is InChI=1S/C24H27N.C6H7NO/c1-4-14-25(15-5-1)17-18-8-9-20-11-12-22-21-7-3-2-6-19(21)10-13-23(22)24(20)16-18;8-6-3-1-2-4-7-5-6/h2-3,6-9,11-12,18H,1,4-5,10,13-17H2;1-4,7H,5H2. The molecule has 2 heterocycles. The van der Waals surface area contributed by atoms with Crippen molar-refractivity contribution in [1.82, 2.24) is 10.2 Å². The number of carbonyl (C=O) groups is 1. The first kappa shape index (κ1) is 21.9. The van der Waals surface area contributed by atoms with Gasteiger partial charge in [0.1, 0.15) is 0 Å². The van der Waals surface area contributed by atoms with E-state index in [1.165, 1.54) is 80.4 Å². The van der Waals surface area contributed by atoms with Crippen LogP contribution in [0.5, 0.6) is 0 Å². The molecular formula is C30H34N2O. The van der Waals surface area contributed by atoms with E-state index in [9.17, 15) is 4.79 Å². The minimum Gasteiger partial charge on any atom is -0.383 e. The Hall–Kier alpha value is -2.91. The van der Waals surface area contributed by atoms with E-state index < -0.39 is 0 Å². The zero-order valence-electron chi connectivity index (χ0n) is 19.4. The normalized spacial score (nSPS) is 21.1. The molecule has 1 atom stereocenters. The van der Waals surface area contributed by atoms with Gasteiger partial charge in [0.25, 0.3) is 0 Å². The van der Waals surface area contributed by atoms with Gasteiger partial charge in [-0.2, -0.15) is 0 Å². The van der Waals surface area contributed by atoms with Gasteiger partial charge in [-0.15, -0.1) is 0 Å². The molecule has 0 radical (unpaired) electrons. The van der Waals surface area contributed by atoms with Crippen LogP contribution in [0, 0.1) is 5.92 Å². The molecule has 3 heteroatoms. The maximum absolute atomic E-state index is 10.5. The molecule has 0 bridgehead atoms. The number of likely N-dealkylation sites (tertiary alicyclic amines) is 1. The number of aryl methyl sites for hydroxylation is 1. The summed E-state index contributed by atoms with van der Waals surface area (Å²) in [6.07, 6.45) is 19.5. The fourth-order valence-electron chi connectivity index (χ4n) is 5.58. The van der Waals surface area contributed by atoms with Crippen molar-refractivity contribution in [2.75, 3.05) is 26.2 Å². The number of nitrogens with zero attached hydrogens (tertiary/aromatic N) is 1. The van der Waals surface area contributed by atoms with Crippen molar-refractivity contribution in [1.29, 1.82) is 0 Å². The summed E-state index contributed by atoms with van der Waals surface area (Å²) in [5, 5.41) is 2.80. The summed E-state index contributed by atoms with van der Waals surface area (Å²) < 4.78 is 0. The third-order valence-corrected chi connectivity index (χ3v) is 7.26. The van der Waals surface area contributed by atoms with Crippen molar-refractivity contribution in [3.05, 3.63) is 89.2 Å². The van der Waals surface area contributed by atoms with Crippen LogP contribution >= 0.6 is 0 Å². The van der Waals surface area contributed by atoms with Gasteiger partial charge in [0, 0.05) is 6.54 Å². The summed E-state index contributed by atoms with van der Waals surface area (Å²) in [7, 11) is 0. The van der Waals surface area contributed by atoms with Crippen LogP contribution < -0.4 is 5.32 Å². The van der Waals surface area contributed by atoms with E-state index in [0.29, 0.717) is 12.5 Å². The van der Waals surface area contributed by atoms with E-state index in [0.717, 1.165) is 0 Å². The van der Waals surface area contributed by atoms with Crippen LogP contribution in [0.2, 0.25) is 0 Å². The number of carbonyl (C=O) groups excluding carboxylic acids is 1.